The summed E-state index contributed by atoms with van der Waals surface area (Å²) in [5, 5.41) is 4.98. The number of nitrogens with two attached hydrogens (primary N) is 1. The van der Waals surface area contributed by atoms with Gasteiger partial charge in [-0.3, -0.25) is 4.79 Å². The molecule has 0 spiro atoms. The number of hydrogen-bond donors (Lipinski definition) is 2. The highest BCUT2D eigenvalue weighted by molar-refractivity contribution is 7.80. The molecule has 0 saturated heterocycles. The molecule has 1 aromatic carbocycles. The zero-order valence-electron chi connectivity index (χ0n) is 9.14. The second-order valence-corrected chi connectivity index (χ2v) is 5.26. The highest BCUT2D eigenvalue weighted by atomic mass is 35.5. The maximum absolute atomic E-state index is 11.9. The lowest BCUT2D eigenvalue weighted by molar-refractivity contribution is 0.103. The van der Waals surface area contributed by atoms with Gasteiger partial charge in [-0.1, -0.05) is 23.8 Å². The average Bonchev–Trinajstić information content (AvgIpc) is 2.76. The Labute approximate surface area is 119 Å². The van der Waals surface area contributed by atoms with E-state index in [4.69, 9.17) is 29.6 Å². The molecule has 0 aliphatic carbocycles. The first-order valence-corrected chi connectivity index (χ1v) is 6.68. The zero-order valence-corrected chi connectivity index (χ0v) is 11.5. The van der Waals surface area contributed by atoms with Crippen molar-refractivity contribution in [1.29, 1.82) is 0 Å². The van der Waals surface area contributed by atoms with Crippen molar-refractivity contribution in [3.63, 3.8) is 0 Å². The summed E-state index contributed by atoms with van der Waals surface area (Å²) in [6.07, 6.45) is 0. The Morgan fingerprint density at radius 3 is 2.44 bits per heavy atom. The van der Waals surface area contributed by atoms with Crippen LogP contribution < -0.4 is 11.1 Å². The lowest BCUT2D eigenvalue weighted by atomic mass is 10.2. The standard InChI is InChI=1S/C12H9ClN2OS2/c13-9-5-6-18-10(9)12(16)15-8-3-1-7(2-4-8)11(14)17/h1-6H,(H2,14,17)(H,15,16). The Balaban J connectivity index is 2.13. The average molecular weight is 297 g/mol. The van der Waals surface area contributed by atoms with Gasteiger partial charge in [0.05, 0.1) is 5.02 Å². The smallest absolute Gasteiger partial charge is 0.267 e. The van der Waals surface area contributed by atoms with Gasteiger partial charge in [0.25, 0.3) is 5.91 Å². The van der Waals surface area contributed by atoms with Crippen molar-refractivity contribution < 1.29 is 4.79 Å². The molecule has 6 heteroatoms. The van der Waals surface area contributed by atoms with E-state index in [0.717, 1.165) is 5.56 Å². The van der Waals surface area contributed by atoms with Crippen LogP contribution in [0.4, 0.5) is 5.69 Å². The van der Waals surface area contributed by atoms with Crippen LogP contribution in [0.3, 0.4) is 0 Å². The molecule has 0 atom stereocenters. The number of thiophene rings is 1. The van der Waals surface area contributed by atoms with E-state index >= 15 is 0 Å². The van der Waals surface area contributed by atoms with Crippen molar-refractivity contribution in [2.45, 2.75) is 0 Å². The first-order chi connectivity index (χ1) is 8.58. The van der Waals surface area contributed by atoms with Gasteiger partial charge in [-0.05, 0) is 35.7 Å². The predicted molar refractivity (Wildman–Crippen MR) is 79.6 cm³/mol. The number of amides is 1. The van der Waals surface area contributed by atoms with Crippen LogP contribution in [0, 0.1) is 0 Å². The Morgan fingerprint density at radius 1 is 1.28 bits per heavy atom. The Bertz CT molecular complexity index is 592. The fraction of sp³-hybridized carbons (Fsp3) is 0. The number of nitrogens with one attached hydrogen (secondary N) is 1. The topological polar surface area (TPSA) is 55.1 Å². The summed E-state index contributed by atoms with van der Waals surface area (Å²) in [6.45, 7) is 0. The molecule has 1 heterocycles. The van der Waals surface area contributed by atoms with Crippen molar-refractivity contribution >= 4 is 51.7 Å². The van der Waals surface area contributed by atoms with E-state index in [1.807, 2.05) is 0 Å². The molecule has 3 N–H and O–H groups in total. The van der Waals surface area contributed by atoms with E-state index in [1.165, 1.54) is 11.3 Å². The fourth-order valence-corrected chi connectivity index (χ4v) is 2.53. The molecule has 0 aliphatic heterocycles. The number of anilines is 1. The summed E-state index contributed by atoms with van der Waals surface area (Å²) in [5.74, 6) is -0.224. The molecule has 0 unspecified atom stereocenters. The van der Waals surface area contributed by atoms with Gasteiger partial charge in [0.2, 0.25) is 0 Å². The van der Waals surface area contributed by atoms with Crippen LogP contribution in [0.5, 0.6) is 0 Å². The van der Waals surface area contributed by atoms with Crippen LogP contribution in [-0.4, -0.2) is 10.9 Å². The first kappa shape index (κ1) is 13.0. The number of thiocarbonyl (C=S) groups is 1. The SMILES string of the molecule is NC(=S)c1ccc(NC(=O)c2sccc2Cl)cc1. The van der Waals surface area contributed by atoms with Crippen molar-refractivity contribution in [3.05, 3.63) is 51.2 Å². The number of rotatable bonds is 3. The minimum atomic E-state index is -0.224. The second kappa shape index (κ2) is 5.48. The molecule has 1 amide bonds. The van der Waals surface area contributed by atoms with Crippen molar-refractivity contribution in [1.82, 2.24) is 0 Å². The van der Waals surface area contributed by atoms with Crippen LogP contribution in [-0.2, 0) is 0 Å². The van der Waals surface area contributed by atoms with Gasteiger partial charge in [-0.2, -0.15) is 0 Å². The third kappa shape index (κ3) is 2.87. The highest BCUT2D eigenvalue weighted by Gasteiger charge is 2.11. The minimum absolute atomic E-state index is 0.224. The van der Waals surface area contributed by atoms with Gasteiger partial charge in [0, 0.05) is 11.3 Å². The second-order valence-electron chi connectivity index (χ2n) is 3.49. The van der Waals surface area contributed by atoms with Gasteiger partial charge < -0.3 is 11.1 Å². The summed E-state index contributed by atoms with van der Waals surface area (Å²) in [5.41, 5.74) is 6.92. The number of benzene rings is 1. The lowest BCUT2D eigenvalue weighted by Crippen LogP contribution is -2.12. The number of hydrogen-bond acceptors (Lipinski definition) is 3. The molecule has 0 radical (unpaired) electrons. The van der Waals surface area contributed by atoms with Crippen LogP contribution in [0.25, 0.3) is 0 Å². The van der Waals surface area contributed by atoms with Crippen LogP contribution in [0.2, 0.25) is 5.02 Å². The molecule has 3 nitrogen and oxygen atoms in total. The Kier molecular flexibility index (Phi) is 3.96. The number of carbonyl (C=O) groups excluding carboxylic acids is 1. The van der Waals surface area contributed by atoms with Gasteiger partial charge in [-0.25, -0.2) is 0 Å². The number of halogens is 1. The van der Waals surface area contributed by atoms with Gasteiger partial charge in [-0.15, -0.1) is 11.3 Å². The summed E-state index contributed by atoms with van der Waals surface area (Å²) in [4.78, 5) is 12.7. The minimum Gasteiger partial charge on any atom is -0.389 e. The van der Waals surface area contributed by atoms with Gasteiger partial charge in [0.1, 0.15) is 9.87 Å². The van der Waals surface area contributed by atoms with Gasteiger partial charge >= 0.3 is 0 Å². The van der Waals surface area contributed by atoms with E-state index in [0.29, 0.717) is 20.6 Å². The normalized spacial score (nSPS) is 10.1. The molecule has 0 aliphatic rings. The van der Waals surface area contributed by atoms with Crippen LogP contribution in [0.15, 0.2) is 35.7 Å². The third-order valence-corrected chi connectivity index (χ3v) is 3.83. The zero-order chi connectivity index (χ0) is 13.1. The summed E-state index contributed by atoms with van der Waals surface area (Å²) in [6, 6.07) is 8.70. The molecule has 18 heavy (non-hydrogen) atoms. The molecular formula is C12H9ClN2OS2. The quantitative estimate of drug-likeness (QED) is 0.855. The Morgan fingerprint density at radius 2 is 1.94 bits per heavy atom. The van der Waals surface area contributed by atoms with Crippen LogP contribution in [0.1, 0.15) is 15.2 Å². The van der Waals surface area contributed by atoms with E-state index in [2.05, 4.69) is 5.32 Å². The maximum Gasteiger partial charge on any atom is 0.267 e. The molecule has 0 bridgehead atoms. The molecule has 2 aromatic rings. The molecular weight excluding hydrogens is 288 g/mol. The van der Waals surface area contributed by atoms with E-state index < -0.39 is 0 Å². The lowest BCUT2D eigenvalue weighted by Gasteiger charge is -2.05. The van der Waals surface area contributed by atoms with E-state index in [1.54, 1.807) is 35.7 Å². The monoisotopic (exact) mass is 296 g/mol. The largest absolute Gasteiger partial charge is 0.389 e. The predicted octanol–water partition coefficient (Wildman–Crippen LogP) is 3.29. The molecule has 0 saturated carbocycles. The maximum atomic E-state index is 11.9. The van der Waals surface area contributed by atoms with Crippen molar-refractivity contribution in [3.8, 4) is 0 Å². The molecule has 0 fully saturated rings. The third-order valence-electron chi connectivity index (χ3n) is 2.25. The fourth-order valence-electron chi connectivity index (χ4n) is 1.36. The summed E-state index contributed by atoms with van der Waals surface area (Å²) >= 11 is 12.0. The summed E-state index contributed by atoms with van der Waals surface area (Å²) in [7, 11) is 0. The summed E-state index contributed by atoms with van der Waals surface area (Å²) < 4.78 is 0. The molecule has 2 rings (SSSR count). The van der Waals surface area contributed by atoms with E-state index in [-0.39, 0.29) is 5.91 Å². The van der Waals surface area contributed by atoms with Crippen molar-refractivity contribution in [2.75, 3.05) is 5.32 Å². The number of carbonyl (C=O) groups is 1. The van der Waals surface area contributed by atoms with Gasteiger partial charge in [0.15, 0.2) is 0 Å². The molecule has 1 aromatic heterocycles. The molecule has 92 valence electrons. The first-order valence-electron chi connectivity index (χ1n) is 5.02. The Hall–Kier alpha value is -1.43. The van der Waals surface area contributed by atoms with E-state index in [9.17, 15) is 4.79 Å². The highest BCUT2D eigenvalue weighted by Crippen LogP contribution is 2.23. The van der Waals surface area contributed by atoms with Crippen LogP contribution >= 0.6 is 35.2 Å². The van der Waals surface area contributed by atoms with Crippen molar-refractivity contribution in [2.24, 2.45) is 5.73 Å².